The third kappa shape index (κ3) is 7.18. The Kier molecular flexibility index (Phi) is 9.54. The zero-order valence-electron chi connectivity index (χ0n) is 27.9. The average Bonchev–Trinajstić information content (AvgIpc) is 3.19. The highest BCUT2D eigenvalue weighted by Crippen LogP contribution is 2.68. The molecule has 10 atom stereocenters. The SMILES string of the molecule is C[C@H](CC(=O)OC(C)(C)C)C1CCC2C3CCC4C[C@H](OC(=O)C(N)CC(=O)OC(C)(C)C)CC[C@]4(C)C3CC[C@@]21C. The number of rotatable bonds is 7. The van der Waals surface area contributed by atoms with E-state index < -0.39 is 29.2 Å². The van der Waals surface area contributed by atoms with Crippen molar-refractivity contribution >= 4 is 17.9 Å². The van der Waals surface area contributed by atoms with Gasteiger partial charge in [-0.15, -0.1) is 0 Å². The lowest BCUT2D eigenvalue weighted by Crippen LogP contribution is -2.54. The molecule has 7 nitrogen and oxygen atoms in total. The Labute approximate surface area is 254 Å². The Morgan fingerprint density at radius 3 is 1.98 bits per heavy atom. The smallest absolute Gasteiger partial charge is 0.323 e. The molecule has 7 heteroatoms. The van der Waals surface area contributed by atoms with Gasteiger partial charge in [-0.2, -0.15) is 0 Å². The maximum Gasteiger partial charge on any atom is 0.323 e. The number of hydrogen-bond acceptors (Lipinski definition) is 7. The second-order valence-electron chi connectivity index (χ2n) is 16.9. The van der Waals surface area contributed by atoms with Crippen LogP contribution in [0.1, 0.15) is 133 Å². The molecule has 2 N–H and O–H groups in total. The fourth-order valence-corrected chi connectivity index (χ4v) is 9.99. The number of fused-ring (bicyclic) bond motifs is 5. The first-order chi connectivity index (χ1) is 19.3. The first-order valence-corrected chi connectivity index (χ1v) is 16.7. The minimum atomic E-state index is -0.993. The molecular formula is C35H59NO6. The zero-order valence-corrected chi connectivity index (χ0v) is 27.9. The largest absolute Gasteiger partial charge is 0.461 e. The standard InChI is InChI=1S/C35H59NO6/c1-21(18-29(37)41-32(2,3)4)25-12-13-26-24-11-10-22-19-23(14-16-34(22,8)27(24)15-17-35(25,26)9)40-31(39)28(36)20-30(38)42-33(5,6)7/h21-28H,10-20,36H2,1-9H3/t21-,22?,23-,24?,25?,26?,27?,28?,34+,35-/m1/s1. The minimum Gasteiger partial charge on any atom is -0.461 e. The van der Waals surface area contributed by atoms with Crippen molar-refractivity contribution < 1.29 is 28.6 Å². The quantitative estimate of drug-likeness (QED) is 0.252. The van der Waals surface area contributed by atoms with Gasteiger partial charge in [0.2, 0.25) is 0 Å². The van der Waals surface area contributed by atoms with Crippen molar-refractivity contribution in [2.24, 2.45) is 52.1 Å². The molecule has 240 valence electrons. The summed E-state index contributed by atoms with van der Waals surface area (Å²) in [5, 5.41) is 0. The molecule has 0 bridgehead atoms. The summed E-state index contributed by atoms with van der Waals surface area (Å²) in [5.41, 5.74) is 5.56. The van der Waals surface area contributed by atoms with Crippen molar-refractivity contribution in [2.75, 3.05) is 0 Å². The van der Waals surface area contributed by atoms with E-state index in [9.17, 15) is 14.4 Å². The lowest BCUT2D eigenvalue weighted by atomic mass is 9.44. The van der Waals surface area contributed by atoms with Crippen LogP contribution in [0.5, 0.6) is 0 Å². The molecule has 0 heterocycles. The maximum absolute atomic E-state index is 12.8. The molecule has 0 spiro atoms. The molecule has 42 heavy (non-hydrogen) atoms. The van der Waals surface area contributed by atoms with Gasteiger partial charge in [0.25, 0.3) is 0 Å². The summed E-state index contributed by atoms with van der Waals surface area (Å²) in [6.45, 7) is 18.5. The number of hydrogen-bond donors (Lipinski definition) is 1. The van der Waals surface area contributed by atoms with Crippen LogP contribution in [0.3, 0.4) is 0 Å². The maximum atomic E-state index is 12.8. The van der Waals surface area contributed by atoms with Crippen LogP contribution in [-0.2, 0) is 28.6 Å². The fourth-order valence-electron chi connectivity index (χ4n) is 9.99. The van der Waals surface area contributed by atoms with E-state index in [-0.39, 0.29) is 23.9 Å². The summed E-state index contributed by atoms with van der Waals surface area (Å²) < 4.78 is 16.9. The highest BCUT2D eigenvalue weighted by molar-refractivity contribution is 5.82. The van der Waals surface area contributed by atoms with Crippen LogP contribution in [0, 0.1) is 46.3 Å². The van der Waals surface area contributed by atoms with Crippen molar-refractivity contribution in [1.29, 1.82) is 0 Å². The van der Waals surface area contributed by atoms with Crippen LogP contribution in [0.15, 0.2) is 0 Å². The fraction of sp³-hybridized carbons (Fsp3) is 0.914. The van der Waals surface area contributed by atoms with Gasteiger partial charge in [0.05, 0.1) is 6.42 Å². The molecular weight excluding hydrogens is 530 g/mol. The van der Waals surface area contributed by atoms with E-state index >= 15 is 0 Å². The van der Waals surface area contributed by atoms with E-state index in [1.165, 1.54) is 38.5 Å². The molecule has 0 saturated heterocycles. The molecule has 0 aromatic rings. The van der Waals surface area contributed by atoms with E-state index in [1.807, 2.05) is 20.8 Å². The molecule has 0 aliphatic heterocycles. The molecule has 0 aromatic heterocycles. The van der Waals surface area contributed by atoms with Gasteiger partial charge in [-0.25, -0.2) is 0 Å². The molecule has 4 rings (SSSR count). The number of ether oxygens (including phenoxy) is 3. The summed E-state index contributed by atoms with van der Waals surface area (Å²) in [4.78, 5) is 37.6. The van der Waals surface area contributed by atoms with Gasteiger partial charge >= 0.3 is 17.9 Å². The van der Waals surface area contributed by atoms with Gasteiger partial charge in [-0.3, -0.25) is 14.4 Å². The van der Waals surface area contributed by atoms with Gasteiger partial charge in [0.15, 0.2) is 0 Å². The van der Waals surface area contributed by atoms with Crippen LogP contribution >= 0.6 is 0 Å². The van der Waals surface area contributed by atoms with Gasteiger partial charge in [0.1, 0.15) is 23.3 Å². The molecule has 4 aliphatic rings. The average molecular weight is 590 g/mol. The summed E-state index contributed by atoms with van der Waals surface area (Å²) >= 11 is 0. The summed E-state index contributed by atoms with van der Waals surface area (Å²) in [6.07, 6.45) is 10.5. The molecule has 0 amide bonds. The van der Waals surface area contributed by atoms with E-state index in [1.54, 1.807) is 20.8 Å². The van der Waals surface area contributed by atoms with Crippen LogP contribution in [0.4, 0.5) is 0 Å². The third-order valence-electron chi connectivity index (χ3n) is 11.7. The van der Waals surface area contributed by atoms with Gasteiger partial charge < -0.3 is 19.9 Å². The number of esters is 3. The monoisotopic (exact) mass is 589 g/mol. The van der Waals surface area contributed by atoms with Crippen molar-refractivity contribution in [3.8, 4) is 0 Å². The Morgan fingerprint density at radius 1 is 0.786 bits per heavy atom. The van der Waals surface area contributed by atoms with Crippen molar-refractivity contribution in [3.05, 3.63) is 0 Å². The molecule has 4 saturated carbocycles. The molecule has 6 unspecified atom stereocenters. The van der Waals surface area contributed by atoms with Crippen molar-refractivity contribution in [3.63, 3.8) is 0 Å². The lowest BCUT2D eigenvalue weighted by Gasteiger charge is -2.61. The predicted molar refractivity (Wildman–Crippen MR) is 163 cm³/mol. The minimum absolute atomic E-state index is 0.0630. The lowest BCUT2D eigenvalue weighted by molar-refractivity contribution is -0.168. The third-order valence-corrected chi connectivity index (χ3v) is 11.7. The highest BCUT2D eigenvalue weighted by Gasteiger charge is 2.61. The Hall–Kier alpha value is -1.63. The number of nitrogens with two attached hydrogens (primary N) is 1. The van der Waals surface area contributed by atoms with Crippen molar-refractivity contribution in [2.45, 2.75) is 156 Å². The van der Waals surface area contributed by atoms with Crippen LogP contribution < -0.4 is 5.73 Å². The van der Waals surface area contributed by atoms with Crippen LogP contribution in [0.25, 0.3) is 0 Å². The summed E-state index contributed by atoms with van der Waals surface area (Å²) in [6, 6.07) is -0.993. The summed E-state index contributed by atoms with van der Waals surface area (Å²) in [7, 11) is 0. The highest BCUT2D eigenvalue weighted by atomic mass is 16.6. The molecule has 4 aliphatic carbocycles. The van der Waals surface area contributed by atoms with Gasteiger partial charge in [-0.1, -0.05) is 20.8 Å². The van der Waals surface area contributed by atoms with Gasteiger partial charge in [0, 0.05) is 6.42 Å². The second-order valence-corrected chi connectivity index (χ2v) is 16.9. The predicted octanol–water partition coefficient (Wildman–Crippen LogP) is 6.98. The first-order valence-electron chi connectivity index (χ1n) is 16.7. The Balaban J connectivity index is 1.34. The molecule has 0 radical (unpaired) electrons. The van der Waals surface area contributed by atoms with Gasteiger partial charge in [-0.05, 0) is 146 Å². The Bertz CT molecular complexity index is 1010. The second kappa shape index (κ2) is 12.0. The zero-order chi connectivity index (χ0) is 31.3. The number of carbonyl (C=O) groups excluding carboxylic acids is 3. The normalized spacial score (nSPS) is 37.9. The van der Waals surface area contributed by atoms with E-state index in [0.29, 0.717) is 35.5 Å². The van der Waals surface area contributed by atoms with E-state index in [4.69, 9.17) is 19.9 Å². The van der Waals surface area contributed by atoms with Crippen molar-refractivity contribution in [1.82, 2.24) is 0 Å². The number of carbonyl (C=O) groups is 3. The summed E-state index contributed by atoms with van der Waals surface area (Å²) in [5.74, 6) is 2.60. The topological polar surface area (TPSA) is 105 Å². The van der Waals surface area contributed by atoms with E-state index in [2.05, 4.69) is 20.8 Å². The molecule has 0 aromatic carbocycles. The Morgan fingerprint density at radius 2 is 1.36 bits per heavy atom. The van der Waals surface area contributed by atoms with E-state index in [0.717, 1.165) is 31.1 Å². The van der Waals surface area contributed by atoms with Crippen LogP contribution in [-0.4, -0.2) is 41.3 Å². The van der Waals surface area contributed by atoms with Crippen LogP contribution in [0.2, 0.25) is 0 Å². The molecule has 4 fully saturated rings. The first kappa shape index (κ1) is 33.3.